The predicted octanol–water partition coefficient (Wildman–Crippen LogP) is -0.421. The molecule has 10 heteroatoms. The van der Waals surface area contributed by atoms with Gasteiger partial charge in [0.15, 0.2) is 0 Å². The molecule has 0 radical (unpaired) electrons. The number of ether oxygens (including phenoxy) is 1. The second kappa shape index (κ2) is 9.44. The van der Waals surface area contributed by atoms with Crippen LogP contribution in [0.5, 0.6) is 0 Å². The fraction of sp³-hybridized carbons (Fsp3) is 0.524. The maximum absolute atomic E-state index is 12.9. The van der Waals surface area contributed by atoms with Gasteiger partial charge in [0, 0.05) is 51.3 Å². The Morgan fingerprint density at radius 2 is 1.97 bits per heavy atom. The number of nitrogens with one attached hydrogen (secondary N) is 3. The third kappa shape index (κ3) is 5.02. The van der Waals surface area contributed by atoms with Crippen molar-refractivity contribution < 1.29 is 23.9 Å². The van der Waals surface area contributed by atoms with E-state index in [-0.39, 0.29) is 24.3 Å². The van der Waals surface area contributed by atoms with Gasteiger partial charge in [0.2, 0.25) is 11.8 Å². The van der Waals surface area contributed by atoms with Crippen LogP contribution in [0.2, 0.25) is 0 Å². The number of hydrogen-bond donors (Lipinski definition) is 3. The van der Waals surface area contributed by atoms with Crippen LogP contribution in [0.25, 0.3) is 0 Å². The van der Waals surface area contributed by atoms with Crippen LogP contribution >= 0.6 is 0 Å². The van der Waals surface area contributed by atoms with Crippen molar-refractivity contribution in [3.8, 4) is 0 Å². The van der Waals surface area contributed by atoms with E-state index in [4.69, 9.17) is 4.74 Å². The van der Waals surface area contributed by atoms with Gasteiger partial charge in [0.05, 0.1) is 13.2 Å². The minimum Gasteiger partial charge on any atom is -0.379 e. The molecule has 3 aliphatic heterocycles. The summed E-state index contributed by atoms with van der Waals surface area (Å²) in [7, 11) is 0. The third-order valence-electron chi connectivity index (χ3n) is 5.86. The Labute approximate surface area is 180 Å². The number of urea groups is 1. The number of hydrogen-bond acceptors (Lipinski definition) is 6. The highest BCUT2D eigenvalue weighted by Gasteiger charge is 2.39. The fourth-order valence-electron chi connectivity index (χ4n) is 4.11. The van der Waals surface area contributed by atoms with E-state index in [1.165, 1.54) is 4.90 Å². The van der Waals surface area contributed by atoms with Crippen molar-refractivity contribution in [2.24, 2.45) is 0 Å². The van der Waals surface area contributed by atoms with Crippen molar-refractivity contribution in [2.45, 2.75) is 32.0 Å². The molecule has 5 amide bonds. The van der Waals surface area contributed by atoms with E-state index >= 15 is 0 Å². The number of carbonyl (C=O) groups excluding carboxylic acids is 4. The van der Waals surface area contributed by atoms with Gasteiger partial charge < -0.3 is 20.3 Å². The van der Waals surface area contributed by atoms with Crippen molar-refractivity contribution in [1.29, 1.82) is 0 Å². The lowest BCUT2D eigenvalue weighted by Gasteiger charge is -2.29. The van der Waals surface area contributed by atoms with Gasteiger partial charge in [-0.25, -0.2) is 4.79 Å². The summed E-state index contributed by atoms with van der Waals surface area (Å²) in [5.74, 6) is -0.948. The second-order valence-electron chi connectivity index (χ2n) is 7.95. The monoisotopic (exact) mass is 429 g/mol. The molecule has 1 atom stereocenters. The van der Waals surface area contributed by atoms with Gasteiger partial charge in [-0.3, -0.25) is 24.6 Å². The average Bonchev–Trinajstić information content (AvgIpc) is 3.09. The van der Waals surface area contributed by atoms with E-state index in [9.17, 15) is 19.2 Å². The fourth-order valence-corrected chi connectivity index (χ4v) is 4.11. The van der Waals surface area contributed by atoms with Gasteiger partial charge in [0.25, 0.3) is 5.91 Å². The summed E-state index contributed by atoms with van der Waals surface area (Å²) in [6.07, 6.45) is 0.565. The molecule has 0 aliphatic carbocycles. The van der Waals surface area contributed by atoms with E-state index < -0.39 is 11.9 Å². The Balaban J connectivity index is 1.27. The summed E-state index contributed by atoms with van der Waals surface area (Å²) in [4.78, 5) is 52.2. The summed E-state index contributed by atoms with van der Waals surface area (Å²) in [6, 6.07) is 4.60. The SMILES string of the molecule is O=C1CCC(N2Cc3ccc(CNC(=O)NCCN4CCOCC4)cc3C2=O)C(=O)N1. The molecule has 166 valence electrons. The van der Waals surface area contributed by atoms with Crippen molar-refractivity contribution in [3.05, 3.63) is 34.9 Å². The molecule has 1 aromatic carbocycles. The average molecular weight is 429 g/mol. The Morgan fingerprint density at radius 3 is 2.74 bits per heavy atom. The van der Waals surface area contributed by atoms with Crippen LogP contribution in [0.4, 0.5) is 4.79 Å². The van der Waals surface area contributed by atoms with Gasteiger partial charge in [-0.1, -0.05) is 12.1 Å². The number of piperidine rings is 1. The van der Waals surface area contributed by atoms with Crippen molar-refractivity contribution in [1.82, 2.24) is 25.8 Å². The molecular weight excluding hydrogens is 402 g/mol. The molecule has 10 nitrogen and oxygen atoms in total. The summed E-state index contributed by atoms with van der Waals surface area (Å²) in [6.45, 7) is 5.17. The summed E-state index contributed by atoms with van der Waals surface area (Å²) in [5.41, 5.74) is 2.19. The number of rotatable bonds is 6. The van der Waals surface area contributed by atoms with Gasteiger partial charge in [-0.15, -0.1) is 0 Å². The molecule has 3 aliphatic rings. The third-order valence-corrected chi connectivity index (χ3v) is 5.86. The summed E-state index contributed by atoms with van der Waals surface area (Å²) in [5, 5.41) is 7.95. The highest BCUT2D eigenvalue weighted by molar-refractivity contribution is 6.05. The quantitative estimate of drug-likeness (QED) is 0.529. The molecule has 31 heavy (non-hydrogen) atoms. The van der Waals surface area contributed by atoms with Gasteiger partial charge in [-0.05, 0) is 23.6 Å². The first-order valence-electron chi connectivity index (χ1n) is 10.6. The Morgan fingerprint density at radius 1 is 1.16 bits per heavy atom. The van der Waals surface area contributed by atoms with Crippen LogP contribution in [0.15, 0.2) is 18.2 Å². The summed E-state index contributed by atoms with van der Waals surface area (Å²) < 4.78 is 5.30. The smallest absolute Gasteiger partial charge is 0.315 e. The molecule has 0 aromatic heterocycles. The van der Waals surface area contributed by atoms with E-state index in [2.05, 4.69) is 20.9 Å². The molecule has 3 N–H and O–H groups in total. The van der Waals surface area contributed by atoms with E-state index in [1.807, 2.05) is 12.1 Å². The van der Waals surface area contributed by atoms with Crippen LogP contribution in [0.1, 0.15) is 34.3 Å². The van der Waals surface area contributed by atoms with Crippen molar-refractivity contribution in [2.75, 3.05) is 39.4 Å². The molecule has 4 rings (SSSR count). The molecule has 0 bridgehead atoms. The van der Waals surface area contributed by atoms with Crippen LogP contribution in [0.3, 0.4) is 0 Å². The number of fused-ring (bicyclic) bond motifs is 1. The molecule has 2 saturated heterocycles. The van der Waals surface area contributed by atoms with Crippen LogP contribution in [-0.4, -0.2) is 79.0 Å². The van der Waals surface area contributed by atoms with Gasteiger partial charge in [0.1, 0.15) is 6.04 Å². The number of amides is 5. The zero-order valence-electron chi connectivity index (χ0n) is 17.3. The van der Waals surface area contributed by atoms with E-state index in [1.54, 1.807) is 6.07 Å². The highest BCUT2D eigenvalue weighted by atomic mass is 16.5. The van der Waals surface area contributed by atoms with Gasteiger partial charge >= 0.3 is 6.03 Å². The molecule has 0 spiro atoms. The molecule has 3 heterocycles. The minimum absolute atomic E-state index is 0.221. The Hall–Kier alpha value is -2.98. The normalized spacial score (nSPS) is 21.6. The Bertz CT molecular complexity index is 883. The number of carbonyl (C=O) groups is 4. The lowest BCUT2D eigenvalue weighted by atomic mass is 10.0. The Kier molecular flexibility index (Phi) is 6.47. The predicted molar refractivity (Wildman–Crippen MR) is 110 cm³/mol. The first-order valence-corrected chi connectivity index (χ1v) is 10.6. The lowest BCUT2D eigenvalue weighted by molar-refractivity contribution is -0.136. The first-order chi connectivity index (χ1) is 15.0. The zero-order valence-corrected chi connectivity index (χ0v) is 17.3. The topological polar surface area (TPSA) is 120 Å². The maximum atomic E-state index is 12.9. The number of benzene rings is 1. The van der Waals surface area contributed by atoms with Crippen LogP contribution in [-0.2, 0) is 27.4 Å². The molecule has 2 fully saturated rings. The van der Waals surface area contributed by atoms with Gasteiger partial charge in [-0.2, -0.15) is 0 Å². The van der Waals surface area contributed by atoms with E-state index in [0.29, 0.717) is 31.6 Å². The number of imide groups is 1. The molecular formula is C21H27N5O5. The molecule has 1 unspecified atom stereocenters. The van der Waals surface area contributed by atoms with E-state index in [0.717, 1.165) is 44.0 Å². The lowest BCUT2D eigenvalue weighted by Crippen LogP contribution is -2.52. The van der Waals surface area contributed by atoms with Crippen LogP contribution in [0, 0.1) is 0 Å². The first kappa shape index (κ1) is 21.3. The van der Waals surface area contributed by atoms with Crippen molar-refractivity contribution in [3.63, 3.8) is 0 Å². The number of morpholine rings is 1. The zero-order chi connectivity index (χ0) is 21.8. The maximum Gasteiger partial charge on any atom is 0.315 e. The van der Waals surface area contributed by atoms with Crippen molar-refractivity contribution >= 4 is 23.8 Å². The molecule has 1 aromatic rings. The summed E-state index contributed by atoms with van der Waals surface area (Å²) >= 11 is 0. The molecule has 0 saturated carbocycles. The largest absolute Gasteiger partial charge is 0.379 e. The van der Waals surface area contributed by atoms with Crippen LogP contribution < -0.4 is 16.0 Å². The highest BCUT2D eigenvalue weighted by Crippen LogP contribution is 2.28. The minimum atomic E-state index is -0.628. The number of nitrogens with zero attached hydrogens (tertiary/aromatic N) is 2. The second-order valence-corrected chi connectivity index (χ2v) is 7.95. The standard InChI is InChI=1S/C21H27N5O5/c27-18-4-3-17(19(28)24-18)26-13-15-2-1-14(11-16(15)20(26)29)12-23-21(30)22-5-6-25-7-9-31-10-8-25/h1-2,11,17H,3-10,12-13H2,(H2,22,23,30)(H,24,27,28).